The monoisotopic (exact) mass is 484 g/mol. The fourth-order valence-electron chi connectivity index (χ4n) is 5.30. The van der Waals surface area contributed by atoms with Crippen LogP contribution in [0.5, 0.6) is 0 Å². The molecule has 2 aromatic rings. The lowest BCUT2D eigenvalue weighted by molar-refractivity contribution is -0.135. The Morgan fingerprint density at radius 2 is 1.77 bits per heavy atom. The maximum Gasteiger partial charge on any atom is 0.329 e. The Balaban J connectivity index is 1.25. The second-order valence-electron chi connectivity index (χ2n) is 9.69. The number of hydrogen-bond donors (Lipinski definition) is 1. The summed E-state index contributed by atoms with van der Waals surface area (Å²) >= 11 is 0. The van der Waals surface area contributed by atoms with Crippen LogP contribution in [0.3, 0.4) is 0 Å². The van der Waals surface area contributed by atoms with E-state index < -0.39 is 11.9 Å². The lowest BCUT2D eigenvalue weighted by atomic mass is 10.0. The van der Waals surface area contributed by atoms with Crippen molar-refractivity contribution in [1.82, 2.24) is 19.4 Å². The number of piperidine rings is 2. The molecule has 0 spiro atoms. The summed E-state index contributed by atoms with van der Waals surface area (Å²) in [5.41, 5.74) is 2.51. The third-order valence-electron chi connectivity index (χ3n) is 7.28. The highest BCUT2D eigenvalue weighted by Crippen LogP contribution is 2.26. The molecule has 1 N–H and O–H groups in total. The summed E-state index contributed by atoms with van der Waals surface area (Å²) in [5.74, 6) is -0.691. The minimum atomic E-state index is -0.654. The van der Waals surface area contributed by atoms with Crippen LogP contribution in [0.2, 0.25) is 0 Å². The SMILES string of the molecule is Cn1c(=O)n(C2CCC(=O)NC2=O)c2cccc(CCCCCCCOC3CCN(C=O)CC3)c21. The predicted octanol–water partition coefficient (Wildman–Crippen LogP) is 2.45. The molecule has 4 rings (SSSR count). The van der Waals surface area contributed by atoms with E-state index in [-0.39, 0.29) is 24.1 Å². The summed E-state index contributed by atoms with van der Waals surface area (Å²) < 4.78 is 9.14. The molecule has 1 atom stereocenters. The molecule has 1 unspecified atom stereocenters. The Kier molecular flexibility index (Phi) is 8.38. The van der Waals surface area contributed by atoms with Crippen molar-refractivity contribution in [2.45, 2.75) is 76.4 Å². The van der Waals surface area contributed by atoms with Crippen molar-refractivity contribution in [2.24, 2.45) is 7.05 Å². The van der Waals surface area contributed by atoms with Gasteiger partial charge in [0, 0.05) is 33.2 Å². The van der Waals surface area contributed by atoms with Crippen LogP contribution >= 0.6 is 0 Å². The van der Waals surface area contributed by atoms with Gasteiger partial charge < -0.3 is 9.64 Å². The van der Waals surface area contributed by atoms with E-state index in [4.69, 9.17) is 4.74 Å². The van der Waals surface area contributed by atoms with Gasteiger partial charge in [-0.15, -0.1) is 0 Å². The first-order valence-corrected chi connectivity index (χ1v) is 12.8. The molecule has 1 aromatic heterocycles. The highest BCUT2D eigenvalue weighted by Gasteiger charge is 2.31. The highest BCUT2D eigenvalue weighted by atomic mass is 16.5. The topological polar surface area (TPSA) is 103 Å². The van der Waals surface area contributed by atoms with Gasteiger partial charge in [-0.1, -0.05) is 31.4 Å². The smallest absolute Gasteiger partial charge is 0.329 e. The van der Waals surface area contributed by atoms with Gasteiger partial charge in [-0.25, -0.2) is 4.79 Å². The fraction of sp³-hybridized carbons (Fsp3) is 0.615. The van der Waals surface area contributed by atoms with Crippen molar-refractivity contribution >= 4 is 29.3 Å². The van der Waals surface area contributed by atoms with E-state index in [0.29, 0.717) is 6.42 Å². The van der Waals surface area contributed by atoms with Crippen LogP contribution in [0.25, 0.3) is 11.0 Å². The van der Waals surface area contributed by atoms with Crippen molar-refractivity contribution in [3.63, 3.8) is 0 Å². The average Bonchev–Trinajstić information content (AvgIpc) is 3.11. The van der Waals surface area contributed by atoms with Gasteiger partial charge in [0.15, 0.2) is 0 Å². The number of amides is 3. The molecule has 0 saturated carbocycles. The largest absolute Gasteiger partial charge is 0.378 e. The maximum atomic E-state index is 13.0. The Morgan fingerprint density at radius 1 is 1.03 bits per heavy atom. The van der Waals surface area contributed by atoms with E-state index in [1.54, 1.807) is 16.2 Å². The zero-order chi connectivity index (χ0) is 24.8. The number of ether oxygens (including phenoxy) is 1. The summed E-state index contributed by atoms with van der Waals surface area (Å²) in [4.78, 5) is 49.5. The minimum Gasteiger partial charge on any atom is -0.378 e. The van der Waals surface area contributed by atoms with Crippen molar-refractivity contribution in [2.75, 3.05) is 19.7 Å². The van der Waals surface area contributed by atoms with Gasteiger partial charge in [0.1, 0.15) is 6.04 Å². The van der Waals surface area contributed by atoms with Gasteiger partial charge in [-0.2, -0.15) is 0 Å². The number of carbonyl (C=O) groups is 3. The summed E-state index contributed by atoms with van der Waals surface area (Å²) in [6.07, 6.45) is 9.96. The van der Waals surface area contributed by atoms with E-state index in [0.717, 1.165) is 94.1 Å². The molecule has 3 amide bonds. The zero-order valence-corrected chi connectivity index (χ0v) is 20.5. The number of fused-ring (bicyclic) bond motifs is 1. The molecule has 2 fully saturated rings. The van der Waals surface area contributed by atoms with Crippen molar-refractivity contribution < 1.29 is 19.1 Å². The van der Waals surface area contributed by atoms with Crippen LogP contribution in [0.1, 0.15) is 69.4 Å². The number of carbonyl (C=O) groups excluding carboxylic acids is 3. The number of unbranched alkanes of at least 4 members (excludes halogenated alkanes) is 4. The van der Waals surface area contributed by atoms with Crippen molar-refractivity contribution in [3.05, 3.63) is 34.2 Å². The average molecular weight is 485 g/mol. The summed E-state index contributed by atoms with van der Waals surface area (Å²) in [7, 11) is 1.75. The lowest BCUT2D eigenvalue weighted by Crippen LogP contribution is -2.44. The normalized spacial score (nSPS) is 19.3. The lowest BCUT2D eigenvalue weighted by Gasteiger charge is -2.29. The first kappa shape index (κ1) is 25.2. The number of hydrogen-bond acceptors (Lipinski definition) is 5. The molecular weight excluding hydrogens is 448 g/mol. The van der Waals surface area contributed by atoms with Gasteiger partial charge in [0.2, 0.25) is 18.2 Å². The number of aromatic nitrogens is 2. The standard InChI is InChI=1S/C26H36N4O5/c1-28-24-19(8-5-3-2-4-6-17-35-20-13-15-29(18-31)16-14-20)9-7-10-21(24)30(26(28)34)22-11-12-23(32)27-25(22)33/h7,9-10,18,20,22H,2-6,8,11-17H2,1H3,(H,27,32,33). The third kappa shape index (κ3) is 5.83. The number of nitrogens with one attached hydrogen (secondary N) is 1. The van der Waals surface area contributed by atoms with E-state index >= 15 is 0 Å². The Hall–Kier alpha value is -2.94. The van der Waals surface area contributed by atoms with E-state index in [2.05, 4.69) is 11.4 Å². The molecule has 0 radical (unpaired) electrons. The Bertz CT molecular complexity index is 1110. The number of para-hydroxylation sites is 1. The van der Waals surface area contributed by atoms with Gasteiger partial charge in [0.25, 0.3) is 0 Å². The van der Waals surface area contributed by atoms with Crippen molar-refractivity contribution in [1.29, 1.82) is 0 Å². The first-order valence-electron chi connectivity index (χ1n) is 12.8. The second-order valence-corrected chi connectivity index (χ2v) is 9.69. The Labute approximate surface area is 205 Å². The van der Waals surface area contributed by atoms with E-state index in [9.17, 15) is 19.2 Å². The summed E-state index contributed by atoms with van der Waals surface area (Å²) in [6, 6.07) is 5.22. The number of imidazole rings is 1. The fourth-order valence-corrected chi connectivity index (χ4v) is 5.30. The van der Waals surface area contributed by atoms with Gasteiger partial charge in [-0.05, 0) is 50.2 Å². The maximum absolute atomic E-state index is 13.0. The van der Waals surface area contributed by atoms with Crippen LogP contribution in [-0.4, -0.2) is 58.1 Å². The van der Waals surface area contributed by atoms with E-state index in [1.807, 2.05) is 17.0 Å². The van der Waals surface area contributed by atoms with Crippen LogP contribution in [-0.2, 0) is 32.6 Å². The highest BCUT2D eigenvalue weighted by molar-refractivity contribution is 6.00. The first-order chi connectivity index (χ1) is 17.0. The molecule has 1 aromatic carbocycles. The molecule has 0 aliphatic carbocycles. The molecule has 0 bridgehead atoms. The molecule has 2 aliphatic heterocycles. The number of rotatable bonds is 11. The molecule has 35 heavy (non-hydrogen) atoms. The summed E-state index contributed by atoms with van der Waals surface area (Å²) in [5, 5.41) is 2.36. The molecule has 3 heterocycles. The molecular formula is C26H36N4O5. The van der Waals surface area contributed by atoms with Crippen LogP contribution in [0.15, 0.2) is 23.0 Å². The molecule has 9 nitrogen and oxygen atoms in total. The molecule has 190 valence electrons. The molecule has 9 heteroatoms. The van der Waals surface area contributed by atoms with Crippen molar-refractivity contribution in [3.8, 4) is 0 Å². The predicted molar refractivity (Wildman–Crippen MR) is 132 cm³/mol. The summed E-state index contributed by atoms with van der Waals surface area (Å²) in [6.45, 7) is 2.37. The number of likely N-dealkylation sites (tertiary alicyclic amines) is 1. The molecule has 2 aliphatic rings. The number of benzene rings is 1. The van der Waals surface area contributed by atoms with Crippen LogP contribution in [0.4, 0.5) is 0 Å². The Morgan fingerprint density at radius 3 is 2.51 bits per heavy atom. The number of nitrogens with zero attached hydrogens (tertiary/aromatic N) is 3. The quantitative estimate of drug-likeness (QED) is 0.300. The second kappa shape index (κ2) is 11.7. The number of aryl methyl sites for hydroxylation is 2. The van der Waals surface area contributed by atoms with Crippen LogP contribution < -0.4 is 11.0 Å². The molecule has 2 saturated heterocycles. The van der Waals surface area contributed by atoms with Gasteiger partial charge in [0.05, 0.1) is 17.1 Å². The minimum absolute atomic E-state index is 0.223. The zero-order valence-electron chi connectivity index (χ0n) is 20.5. The van der Waals surface area contributed by atoms with Gasteiger partial charge >= 0.3 is 5.69 Å². The van der Waals surface area contributed by atoms with Gasteiger partial charge in [-0.3, -0.25) is 28.8 Å². The number of imide groups is 1. The third-order valence-corrected chi connectivity index (χ3v) is 7.28. The van der Waals surface area contributed by atoms with Crippen LogP contribution in [0, 0.1) is 0 Å². The van der Waals surface area contributed by atoms with E-state index in [1.165, 1.54) is 0 Å².